The van der Waals surface area contributed by atoms with Crippen molar-refractivity contribution in [3.8, 4) is 11.6 Å². The Morgan fingerprint density at radius 3 is 2.35 bits per heavy atom. The predicted octanol–water partition coefficient (Wildman–Crippen LogP) is 3.51. The van der Waals surface area contributed by atoms with Gasteiger partial charge >= 0.3 is 0 Å². The van der Waals surface area contributed by atoms with Gasteiger partial charge in [0.2, 0.25) is 5.88 Å². The lowest BCUT2D eigenvalue weighted by Crippen LogP contribution is -2.09. The molecule has 0 aliphatic heterocycles. The Labute approximate surface area is 135 Å². The van der Waals surface area contributed by atoms with Crippen LogP contribution in [0.5, 0.6) is 11.6 Å². The van der Waals surface area contributed by atoms with Crippen LogP contribution in [-0.4, -0.2) is 16.5 Å². The van der Waals surface area contributed by atoms with Gasteiger partial charge in [0, 0.05) is 6.54 Å². The molecule has 1 heterocycles. The van der Waals surface area contributed by atoms with E-state index in [1.807, 2.05) is 48.5 Å². The van der Waals surface area contributed by atoms with Crippen LogP contribution in [0, 0.1) is 0 Å². The molecular weight excluding hydrogens is 288 g/mol. The van der Waals surface area contributed by atoms with Gasteiger partial charge in [0.05, 0.1) is 0 Å². The van der Waals surface area contributed by atoms with Crippen LogP contribution in [-0.2, 0) is 6.42 Å². The minimum Gasteiger partial charge on any atom is -0.437 e. The van der Waals surface area contributed by atoms with E-state index in [4.69, 9.17) is 10.5 Å². The number of nitrogens with zero attached hydrogens (tertiary/aromatic N) is 2. The van der Waals surface area contributed by atoms with Crippen LogP contribution in [0.3, 0.4) is 0 Å². The van der Waals surface area contributed by atoms with Crippen molar-refractivity contribution in [3.63, 3.8) is 0 Å². The van der Waals surface area contributed by atoms with Gasteiger partial charge in [0.25, 0.3) is 0 Å². The molecule has 0 aliphatic carbocycles. The van der Waals surface area contributed by atoms with Crippen molar-refractivity contribution in [2.24, 2.45) is 0 Å². The van der Waals surface area contributed by atoms with E-state index in [0.29, 0.717) is 23.1 Å². The largest absolute Gasteiger partial charge is 0.437 e. The van der Waals surface area contributed by atoms with Crippen molar-refractivity contribution in [2.75, 3.05) is 17.6 Å². The van der Waals surface area contributed by atoms with Gasteiger partial charge in [-0.15, -0.1) is 0 Å². The molecule has 0 spiro atoms. The van der Waals surface area contributed by atoms with Gasteiger partial charge in [-0.1, -0.05) is 48.5 Å². The Hall–Kier alpha value is -3.08. The topological polar surface area (TPSA) is 73.1 Å². The average Bonchev–Trinajstić information content (AvgIpc) is 2.60. The molecule has 5 heteroatoms. The Morgan fingerprint density at radius 1 is 0.913 bits per heavy atom. The number of para-hydroxylation sites is 1. The lowest BCUT2D eigenvalue weighted by atomic mass is 10.1. The highest BCUT2D eigenvalue weighted by molar-refractivity contribution is 5.66. The molecule has 0 fully saturated rings. The number of nitrogen functional groups attached to an aromatic ring is 1. The van der Waals surface area contributed by atoms with Crippen molar-refractivity contribution < 1.29 is 4.74 Å². The minimum atomic E-state index is 0.355. The van der Waals surface area contributed by atoms with Crippen molar-refractivity contribution >= 4 is 11.5 Å². The van der Waals surface area contributed by atoms with Gasteiger partial charge in [-0.3, -0.25) is 0 Å². The first-order chi connectivity index (χ1) is 11.3. The van der Waals surface area contributed by atoms with Crippen LogP contribution in [0.25, 0.3) is 0 Å². The Bertz CT molecular complexity index is 747. The number of benzene rings is 2. The van der Waals surface area contributed by atoms with Crippen LogP contribution in [0.1, 0.15) is 5.56 Å². The number of hydrogen-bond donors (Lipinski definition) is 2. The zero-order valence-corrected chi connectivity index (χ0v) is 12.6. The molecule has 3 aromatic rings. The first-order valence-electron chi connectivity index (χ1n) is 7.44. The zero-order chi connectivity index (χ0) is 15.9. The van der Waals surface area contributed by atoms with Gasteiger partial charge in [-0.2, -0.15) is 4.98 Å². The van der Waals surface area contributed by atoms with Crippen LogP contribution >= 0.6 is 0 Å². The summed E-state index contributed by atoms with van der Waals surface area (Å²) in [7, 11) is 0. The molecule has 3 rings (SSSR count). The fourth-order valence-corrected chi connectivity index (χ4v) is 2.17. The summed E-state index contributed by atoms with van der Waals surface area (Å²) in [6.45, 7) is 0.732. The lowest BCUT2D eigenvalue weighted by Gasteiger charge is -2.11. The van der Waals surface area contributed by atoms with E-state index in [1.54, 1.807) is 0 Å². The molecule has 0 unspecified atom stereocenters. The summed E-state index contributed by atoms with van der Waals surface area (Å²) < 4.78 is 5.70. The number of hydrogen-bond acceptors (Lipinski definition) is 5. The lowest BCUT2D eigenvalue weighted by molar-refractivity contribution is 0.464. The molecular formula is C18H18N4O. The highest BCUT2D eigenvalue weighted by atomic mass is 16.5. The molecule has 2 aromatic carbocycles. The summed E-state index contributed by atoms with van der Waals surface area (Å²) in [6, 6.07) is 19.7. The fourth-order valence-electron chi connectivity index (χ4n) is 2.17. The molecule has 116 valence electrons. The standard InChI is InChI=1S/C18H18N4O/c19-16-17(20-12-11-14-7-3-1-4-8-14)21-13-22-18(16)23-15-9-5-2-6-10-15/h1-10,13H,11-12,19H2,(H,20,21,22). The van der Waals surface area contributed by atoms with Crippen LogP contribution in [0.4, 0.5) is 11.5 Å². The van der Waals surface area contributed by atoms with E-state index < -0.39 is 0 Å². The minimum absolute atomic E-state index is 0.355. The van der Waals surface area contributed by atoms with Gasteiger partial charge < -0.3 is 15.8 Å². The Kier molecular flexibility index (Phi) is 4.69. The molecule has 3 N–H and O–H groups in total. The summed E-state index contributed by atoms with van der Waals surface area (Å²) in [6.07, 6.45) is 2.33. The highest BCUT2D eigenvalue weighted by Crippen LogP contribution is 2.28. The van der Waals surface area contributed by atoms with Crippen LogP contribution in [0.15, 0.2) is 67.0 Å². The quantitative estimate of drug-likeness (QED) is 0.729. The number of rotatable bonds is 6. The van der Waals surface area contributed by atoms with Crippen molar-refractivity contribution in [3.05, 3.63) is 72.6 Å². The molecule has 0 aliphatic rings. The van der Waals surface area contributed by atoms with Gasteiger partial charge in [-0.25, -0.2) is 4.98 Å². The first-order valence-corrected chi connectivity index (χ1v) is 7.44. The second-order valence-corrected chi connectivity index (χ2v) is 5.02. The maximum Gasteiger partial charge on any atom is 0.248 e. The summed E-state index contributed by atoms with van der Waals surface area (Å²) in [4.78, 5) is 8.29. The van der Waals surface area contributed by atoms with Crippen molar-refractivity contribution in [1.82, 2.24) is 9.97 Å². The highest BCUT2D eigenvalue weighted by Gasteiger charge is 2.09. The molecule has 0 saturated heterocycles. The van der Waals surface area contributed by atoms with E-state index in [2.05, 4.69) is 27.4 Å². The molecule has 0 amide bonds. The van der Waals surface area contributed by atoms with E-state index in [0.717, 1.165) is 13.0 Å². The number of aromatic nitrogens is 2. The van der Waals surface area contributed by atoms with Crippen LogP contribution in [0.2, 0.25) is 0 Å². The number of nitrogens with two attached hydrogens (primary N) is 1. The zero-order valence-electron chi connectivity index (χ0n) is 12.6. The maximum absolute atomic E-state index is 6.10. The third-order valence-corrected chi connectivity index (χ3v) is 3.35. The molecule has 0 radical (unpaired) electrons. The SMILES string of the molecule is Nc1c(NCCc2ccccc2)ncnc1Oc1ccccc1. The third kappa shape index (κ3) is 3.97. The average molecular weight is 306 g/mol. The van der Waals surface area contributed by atoms with Gasteiger partial charge in [-0.05, 0) is 24.1 Å². The van der Waals surface area contributed by atoms with Crippen molar-refractivity contribution in [1.29, 1.82) is 0 Å². The number of ether oxygens (including phenoxy) is 1. The summed E-state index contributed by atoms with van der Waals surface area (Å²) in [5, 5.41) is 3.23. The molecule has 23 heavy (non-hydrogen) atoms. The second kappa shape index (κ2) is 7.26. The number of anilines is 2. The summed E-state index contributed by atoms with van der Waals surface area (Å²) in [5.41, 5.74) is 7.76. The summed E-state index contributed by atoms with van der Waals surface area (Å²) in [5.74, 6) is 1.63. The molecule has 0 atom stereocenters. The maximum atomic E-state index is 6.10. The van der Waals surface area contributed by atoms with Crippen LogP contribution < -0.4 is 15.8 Å². The fraction of sp³-hybridized carbons (Fsp3) is 0.111. The van der Waals surface area contributed by atoms with E-state index in [1.165, 1.54) is 11.9 Å². The van der Waals surface area contributed by atoms with Gasteiger partial charge in [0.15, 0.2) is 5.82 Å². The monoisotopic (exact) mass is 306 g/mol. The third-order valence-electron chi connectivity index (χ3n) is 3.35. The number of nitrogens with one attached hydrogen (secondary N) is 1. The van der Waals surface area contributed by atoms with Crippen molar-refractivity contribution in [2.45, 2.75) is 6.42 Å². The summed E-state index contributed by atoms with van der Waals surface area (Å²) >= 11 is 0. The first kappa shape index (κ1) is 14.8. The Balaban J connectivity index is 1.65. The van der Waals surface area contributed by atoms with E-state index in [-0.39, 0.29) is 0 Å². The normalized spacial score (nSPS) is 10.3. The molecule has 0 bridgehead atoms. The molecule has 5 nitrogen and oxygen atoms in total. The van der Waals surface area contributed by atoms with E-state index >= 15 is 0 Å². The second-order valence-electron chi connectivity index (χ2n) is 5.02. The Morgan fingerprint density at radius 2 is 1.61 bits per heavy atom. The van der Waals surface area contributed by atoms with Gasteiger partial charge in [0.1, 0.15) is 17.8 Å². The molecule has 1 aromatic heterocycles. The van der Waals surface area contributed by atoms with E-state index in [9.17, 15) is 0 Å². The smallest absolute Gasteiger partial charge is 0.248 e. The molecule has 0 saturated carbocycles. The predicted molar refractivity (Wildman–Crippen MR) is 91.6 cm³/mol.